The maximum Gasteiger partial charge on any atom is 0.328 e. The molecule has 11 heteroatoms. The van der Waals surface area contributed by atoms with Gasteiger partial charge in [0.1, 0.15) is 0 Å². The summed E-state index contributed by atoms with van der Waals surface area (Å²) in [6.45, 7) is 9.52. The zero-order valence-corrected chi connectivity index (χ0v) is 18.5. The number of anilines is 1. The molecular weight excluding hydrogens is 420 g/mol. The summed E-state index contributed by atoms with van der Waals surface area (Å²) in [7, 11) is -2.19. The Labute approximate surface area is 181 Å². The minimum absolute atomic E-state index is 0.00336. The molecule has 0 aromatic heterocycles. The first-order chi connectivity index (χ1) is 14.4. The van der Waals surface area contributed by atoms with Crippen molar-refractivity contribution in [3.63, 3.8) is 0 Å². The van der Waals surface area contributed by atoms with E-state index in [0.717, 1.165) is 11.4 Å². The SMILES string of the molecule is C=C(C)CN1C(=O)C2C(N=C3N(c4ccc(S(N)(=O)=O)cc4)C(C)=C(C)N32)N(C)C1=O. The Morgan fingerprint density at radius 3 is 2.32 bits per heavy atom. The standard InChI is InChI=1S/C20H24N6O4S/c1-11(2)10-24-18(27)16-17(23(5)20(24)28)22-19-25(12(3)13(4)26(16)19)14-6-8-15(9-7-14)31(21,29)30/h6-9,16-17H,1,10H2,2-5H3,(H2,21,29,30). The fraction of sp³-hybridized carbons (Fsp3) is 0.350. The minimum atomic E-state index is -3.81. The van der Waals surface area contributed by atoms with Gasteiger partial charge in [0.25, 0.3) is 5.91 Å². The number of carbonyl (C=O) groups excluding carboxylic acids is 2. The molecule has 164 valence electrons. The Morgan fingerprint density at radius 2 is 1.77 bits per heavy atom. The number of guanidine groups is 1. The van der Waals surface area contributed by atoms with Crippen molar-refractivity contribution in [1.29, 1.82) is 0 Å². The lowest BCUT2D eigenvalue weighted by Crippen LogP contribution is -2.64. The van der Waals surface area contributed by atoms with Crippen molar-refractivity contribution in [2.45, 2.75) is 37.9 Å². The Morgan fingerprint density at radius 1 is 1.16 bits per heavy atom. The summed E-state index contributed by atoms with van der Waals surface area (Å²) in [5.74, 6) is 0.187. The number of hydrogen-bond donors (Lipinski definition) is 1. The van der Waals surface area contributed by atoms with Gasteiger partial charge in [-0.05, 0) is 45.0 Å². The number of allylic oxidation sites excluding steroid dienone is 2. The van der Waals surface area contributed by atoms with Crippen LogP contribution in [0.1, 0.15) is 20.8 Å². The Hall–Kier alpha value is -3.18. The van der Waals surface area contributed by atoms with Gasteiger partial charge in [0.05, 0.1) is 11.4 Å². The van der Waals surface area contributed by atoms with Gasteiger partial charge in [0.15, 0.2) is 12.2 Å². The average Bonchev–Trinajstić information content (AvgIpc) is 3.19. The second-order valence-corrected chi connectivity index (χ2v) is 9.54. The molecule has 3 amide bonds. The highest BCUT2D eigenvalue weighted by Gasteiger charge is 2.55. The van der Waals surface area contributed by atoms with Gasteiger partial charge >= 0.3 is 6.03 Å². The summed E-state index contributed by atoms with van der Waals surface area (Å²) >= 11 is 0. The predicted molar refractivity (Wildman–Crippen MR) is 115 cm³/mol. The summed E-state index contributed by atoms with van der Waals surface area (Å²) < 4.78 is 23.2. The third kappa shape index (κ3) is 3.12. The number of nitrogens with two attached hydrogens (primary N) is 1. The van der Waals surface area contributed by atoms with Crippen molar-refractivity contribution in [1.82, 2.24) is 14.7 Å². The Bertz CT molecular complexity index is 1170. The van der Waals surface area contributed by atoms with E-state index in [-0.39, 0.29) is 17.3 Å². The lowest BCUT2D eigenvalue weighted by atomic mass is 10.1. The van der Waals surface area contributed by atoms with Crippen LogP contribution in [0.15, 0.2) is 57.7 Å². The molecule has 2 atom stereocenters. The van der Waals surface area contributed by atoms with Crippen LogP contribution in [-0.4, -0.2) is 66.8 Å². The molecule has 1 aromatic rings. The number of benzene rings is 1. The third-order valence-electron chi connectivity index (χ3n) is 5.74. The molecule has 0 spiro atoms. The fourth-order valence-corrected chi connectivity index (χ4v) is 4.64. The molecule has 2 unspecified atom stereocenters. The molecule has 4 rings (SSSR count). The van der Waals surface area contributed by atoms with Gasteiger partial charge in [-0.15, -0.1) is 0 Å². The number of sulfonamides is 1. The number of rotatable bonds is 4. The summed E-state index contributed by atoms with van der Waals surface area (Å²) in [6.07, 6.45) is -0.661. The van der Waals surface area contributed by atoms with Crippen molar-refractivity contribution in [2.24, 2.45) is 10.1 Å². The molecule has 0 radical (unpaired) electrons. The number of amides is 3. The van der Waals surface area contributed by atoms with Crippen molar-refractivity contribution in [3.05, 3.63) is 47.8 Å². The van der Waals surface area contributed by atoms with Crippen molar-refractivity contribution in [3.8, 4) is 0 Å². The van der Waals surface area contributed by atoms with Crippen molar-refractivity contribution >= 4 is 33.6 Å². The van der Waals surface area contributed by atoms with E-state index >= 15 is 0 Å². The molecule has 3 aliphatic heterocycles. The van der Waals surface area contributed by atoms with E-state index in [1.807, 2.05) is 23.6 Å². The number of likely N-dealkylation sites (N-methyl/N-ethyl adjacent to an activating group) is 1. The monoisotopic (exact) mass is 444 g/mol. The smallest absolute Gasteiger partial charge is 0.302 e. The number of urea groups is 1. The normalized spacial score (nSPS) is 23.5. The Balaban J connectivity index is 1.75. The summed E-state index contributed by atoms with van der Waals surface area (Å²) in [5.41, 5.74) is 3.05. The van der Waals surface area contributed by atoms with Gasteiger partial charge in [0, 0.05) is 24.1 Å². The zero-order valence-electron chi connectivity index (χ0n) is 17.7. The molecule has 31 heavy (non-hydrogen) atoms. The highest BCUT2D eigenvalue weighted by atomic mass is 32.2. The van der Waals surface area contributed by atoms with E-state index < -0.39 is 28.3 Å². The number of nitrogens with zero attached hydrogens (tertiary/aromatic N) is 5. The van der Waals surface area contributed by atoms with Crippen LogP contribution >= 0.6 is 0 Å². The van der Waals surface area contributed by atoms with Crippen LogP contribution in [-0.2, 0) is 14.8 Å². The van der Waals surface area contributed by atoms with Crippen LogP contribution in [0.3, 0.4) is 0 Å². The molecule has 10 nitrogen and oxygen atoms in total. The minimum Gasteiger partial charge on any atom is -0.302 e. The summed E-state index contributed by atoms with van der Waals surface area (Å²) in [5, 5.41) is 5.20. The number of carbonyl (C=O) groups is 2. The summed E-state index contributed by atoms with van der Waals surface area (Å²) in [6, 6.07) is 5.02. The lowest BCUT2D eigenvalue weighted by Gasteiger charge is -2.40. The van der Waals surface area contributed by atoms with E-state index in [1.54, 1.807) is 26.1 Å². The quantitative estimate of drug-likeness (QED) is 0.698. The highest BCUT2D eigenvalue weighted by molar-refractivity contribution is 7.89. The van der Waals surface area contributed by atoms with E-state index in [2.05, 4.69) is 6.58 Å². The molecule has 0 aliphatic carbocycles. The fourth-order valence-electron chi connectivity index (χ4n) is 4.12. The van der Waals surface area contributed by atoms with Gasteiger partial charge in [-0.1, -0.05) is 12.2 Å². The van der Waals surface area contributed by atoms with Crippen LogP contribution in [0.2, 0.25) is 0 Å². The molecule has 0 saturated carbocycles. The number of primary sulfonamides is 1. The van der Waals surface area contributed by atoms with Crippen LogP contribution in [0, 0.1) is 0 Å². The highest BCUT2D eigenvalue weighted by Crippen LogP contribution is 2.40. The zero-order chi connectivity index (χ0) is 22.8. The second-order valence-electron chi connectivity index (χ2n) is 7.98. The van der Waals surface area contributed by atoms with Gasteiger partial charge < -0.3 is 4.90 Å². The topological polar surface area (TPSA) is 120 Å². The van der Waals surface area contributed by atoms with E-state index in [4.69, 9.17) is 10.1 Å². The molecule has 1 fully saturated rings. The molecule has 1 saturated heterocycles. The largest absolute Gasteiger partial charge is 0.328 e. The number of aliphatic imine (C=N–C) groups is 1. The number of fused-ring (bicyclic) bond motifs is 3. The first-order valence-corrected chi connectivity index (χ1v) is 11.2. The van der Waals surface area contributed by atoms with Crippen LogP contribution in [0.25, 0.3) is 0 Å². The lowest BCUT2D eigenvalue weighted by molar-refractivity contribution is -0.136. The first-order valence-electron chi connectivity index (χ1n) is 9.63. The second kappa shape index (κ2) is 6.92. The maximum atomic E-state index is 13.3. The molecule has 3 aliphatic rings. The van der Waals surface area contributed by atoms with Gasteiger partial charge in [-0.3, -0.25) is 19.5 Å². The van der Waals surface area contributed by atoms with Crippen LogP contribution < -0.4 is 10.0 Å². The molecule has 0 bridgehead atoms. The van der Waals surface area contributed by atoms with Gasteiger partial charge in [-0.25, -0.2) is 23.3 Å². The van der Waals surface area contributed by atoms with Crippen LogP contribution in [0.5, 0.6) is 0 Å². The molecule has 1 aromatic carbocycles. The first kappa shape index (κ1) is 21.1. The third-order valence-corrected chi connectivity index (χ3v) is 6.67. The van der Waals surface area contributed by atoms with Crippen molar-refractivity contribution in [2.75, 3.05) is 18.5 Å². The van der Waals surface area contributed by atoms with E-state index in [1.165, 1.54) is 21.9 Å². The van der Waals surface area contributed by atoms with Gasteiger partial charge in [-0.2, -0.15) is 0 Å². The molecule has 2 N–H and O–H groups in total. The molecular formula is C20H24N6O4S. The van der Waals surface area contributed by atoms with E-state index in [9.17, 15) is 18.0 Å². The van der Waals surface area contributed by atoms with Gasteiger partial charge in [0.2, 0.25) is 16.0 Å². The number of hydrogen-bond acceptors (Lipinski definition) is 7. The molecule has 3 heterocycles. The summed E-state index contributed by atoms with van der Waals surface area (Å²) in [4.78, 5) is 37.1. The van der Waals surface area contributed by atoms with Crippen LogP contribution in [0.4, 0.5) is 10.5 Å². The van der Waals surface area contributed by atoms with Crippen molar-refractivity contribution < 1.29 is 18.0 Å². The predicted octanol–water partition coefficient (Wildman–Crippen LogP) is 1.24. The maximum absolute atomic E-state index is 13.3. The average molecular weight is 445 g/mol. The van der Waals surface area contributed by atoms with E-state index in [0.29, 0.717) is 17.2 Å². The Kier molecular flexibility index (Phi) is 4.70. The number of imide groups is 1.